The molecule has 1 atom stereocenters. The summed E-state index contributed by atoms with van der Waals surface area (Å²) in [6.45, 7) is 1.27. The van der Waals surface area contributed by atoms with Crippen LogP contribution in [0.15, 0.2) is 65.7 Å². The highest BCUT2D eigenvalue weighted by Crippen LogP contribution is 2.19. The van der Waals surface area contributed by atoms with Gasteiger partial charge in [-0.15, -0.1) is 0 Å². The van der Waals surface area contributed by atoms with Gasteiger partial charge in [0.05, 0.1) is 11.0 Å². The number of halogens is 1. The van der Waals surface area contributed by atoms with E-state index in [0.29, 0.717) is 18.1 Å². The van der Waals surface area contributed by atoms with Gasteiger partial charge in [0.2, 0.25) is 0 Å². The van der Waals surface area contributed by atoms with E-state index in [0.717, 1.165) is 29.5 Å². The Morgan fingerprint density at radius 3 is 2.52 bits per heavy atom. The van der Waals surface area contributed by atoms with Crippen LogP contribution in [-0.4, -0.2) is 44.5 Å². The van der Waals surface area contributed by atoms with Gasteiger partial charge in [-0.3, -0.25) is 4.79 Å². The van der Waals surface area contributed by atoms with Crippen LogP contribution in [0.1, 0.15) is 23.2 Å². The Morgan fingerprint density at radius 2 is 1.81 bits per heavy atom. The van der Waals surface area contributed by atoms with E-state index >= 15 is 0 Å². The summed E-state index contributed by atoms with van der Waals surface area (Å²) >= 11 is 3.31. The molecule has 1 fully saturated rings. The number of piperidine rings is 1. The first-order valence-electron chi connectivity index (χ1n) is 8.86. The summed E-state index contributed by atoms with van der Waals surface area (Å²) in [5, 5.41) is 0. The summed E-state index contributed by atoms with van der Waals surface area (Å²) in [5.74, 6) is 0.0269. The van der Waals surface area contributed by atoms with Crippen LogP contribution in [-0.2, 0) is 0 Å². The fraction of sp³-hybridized carbons (Fsp3) is 0.250. The highest BCUT2D eigenvalue weighted by molar-refractivity contribution is 9.10. The lowest BCUT2D eigenvalue weighted by Crippen LogP contribution is -2.44. The van der Waals surface area contributed by atoms with Gasteiger partial charge in [-0.25, -0.2) is 9.97 Å². The van der Waals surface area contributed by atoms with Crippen molar-refractivity contribution < 1.29 is 9.53 Å². The predicted octanol–water partition coefficient (Wildman–Crippen LogP) is 3.71. The molecule has 2 aromatic heterocycles. The molecule has 0 saturated carbocycles. The van der Waals surface area contributed by atoms with Crippen molar-refractivity contribution in [2.45, 2.75) is 18.9 Å². The minimum Gasteiger partial charge on any atom is -0.458 e. The molecule has 0 aliphatic carbocycles. The summed E-state index contributed by atoms with van der Waals surface area (Å²) in [6, 6.07) is 12.0. The van der Waals surface area contributed by atoms with Crippen molar-refractivity contribution >= 4 is 21.8 Å². The normalized spacial score (nSPS) is 16.9. The second-order valence-corrected chi connectivity index (χ2v) is 7.37. The van der Waals surface area contributed by atoms with Crippen LogP contribution >= 0.6 is 15.9 Å². The highest BCUT2D eigenvalue weighted by Gasteiger charge is 2.26. The van der Waals surface area contributed by atoms with E-state index in [9.17, 15) is 4.79 Å². The molecule has 0 spiro atoms. The number of nitrogens with zero attached hydrogens (tertiary/aromatic N) is 4. The van der Waals surface area contributed by atoms with Gasteiger partial charge >= 0.3 is 6.01 Å². The Hall–Kier alpha value is -2.67. The number of rotatable bonds is 4. The SMILES string of the molecule is O=C(c1ccc(-n2cccc2)cc1)N1CCCC(Oc2ncc(Br)cn2)C1. The first-order chi connectivity index (χ1) is 13.2. The Labute approximate surface area is 165 Å². The summed E-state index contributed by atoms with van der Waals surface area (Å²) in [7, 11) is 0. The third-order valence-corrected chi connectivity index (χ3v) is 4.96. The average molecular weight is 427 g/mol. The van der Waals surface area contributed by atoms with Crippen LogP contribution in [0.25, 0.3) is 5.69 Å². The lowest BCUT2D eigenvalue weighted by molar-refractivity contribution is 0.0515. The third kappa shape index (κ3) is 4.19. The van der Waals surface area contributed by atoms with Crippen LogP contribution < -0.4 is 4.74 Å². The van der Waals surface area contributed by atoms with Crippen molar-refractivity contribution in [2.24, 2.45) is 0 Å². The van der Waals surface area contributed by atoms with E-state index in [-0.39, 0.29) is 12.0 Å². The largest absolute Gasteiger partial charge is 0.458 e. The molecule has 1 unspecified atom stereocenters. The fourth-order valence-corrected chi connectivity index (χ4v) is 3.40. The Bertz CT molecular complexity index is 895. The molecule has 138 valence electrons. The third-order valence-electron chi connectivity index (χ3n) is 4.55. The van der Waals surface area contributed by atoms with Gasteiger partial charge in [0.25, 0.3) is 5.91 Å². The molecule has 3 heterocycles. The number of likely N-dealkylation sites (tertiary alicyclic amines) is 1. The van der Waals surface area contributed by atoms with E-state index in [2.05, 4.69) is 25.9 Å². The lowest BCUT2D eigenvalue weighted by Gasteiger charge is -2.32. The van der Waals surface area contributed by atoms with E-state index in [4.69, 9.17) is 4.74 Å². The monoisotopic (exact) mass is 426 g/mol. The maximum Gasteiger partial charge on any atom is 0.316 e. The number of amides is 1. The van der Waals surface area contributed by atoms with Gasteiger partial charge in [0, 0.05) is 42.6 Å². The standard InChI is InChI=1S/C20H19BrN4O2/c21-16-12-22-20(23-13-16)27-18-4-3-11-25(14-18)19(26)15-5-7-17(8-6-15)24-9-1-2-10-24/h1-2,5-10,12-13,18H,3-4,11,14H2. The number of hydrogen-bond acceptors (Lipinski definition) is 4. The van der Waals surface area contributed by atoms with Gasteiger partial charge in [-0.05, 0) is 65.2 Å². The molecule has 0 radical (unpaired) electrons. The lowest BCUT2D eigenvalue weighted by atomic mass is 10.1. The Morgan fingerprint density at radius 1 is 1.11 bits per heavy atom. The van der Waals surface area contributed by atoms with Crippen molar-refractivity contribution in [2.75, 3.05) is 13.1 Å². The number of benzene rings is 1. The van der Waals surface area contributed by atoms with Crippen LogP contribution in [0, 0.1) is 0 Å². The molecular weight excluding hydrogens is 408 g/mol. The second kappa shape index (κ2) is 7.92. The average Bonchev–Trinajstić information content (AvgIpc) is 3.24. The van der Waals surface area contributed by atoms with Gasteiger partial charge in [-0.2, -0.15) is 0 Å². The van der Waals surface area contributed by atoms with Gasteiger partial charge in [-0.1, -0.05) is 0 Å². The molecule has 1 aliphatic heterocycles. The predicted molar refractivity (Wildman–Crippen MR) is 105 cm³/mol. The molecule has 1 saturated heterocycles. The van der Waals surface area contributed by atoms with Crippen molar-refractivity contribution in [3.8, 4) is 11.7 Å². The number of carbonyl (C=O) groups excluding carboxylic acids is 1. The summed E-state index contributed by atoms with van der Waals surface area (Å²) in [6.07, 6.45) is 8.95. The smallest absolute Gasteiger partial charge is 0.316 e. The maximum absolute atomic E-state index is 12.9. The van der Waals surface area contributed by atoms with Gasteiger partial charge in [0.15, 0.2) is 0 Å². The highest BCUT2D eigenvalue weighted by atomic mass is 79.9. The quantitative estimate of drug-likeness (QED) is 0.637. The van der Waals surface area contributed by atoms with E-state index in [1.165, 1.54) is 0 Å². The van der Waals surface area contributed by atoms with E-state index in [1.807, 2.05) is 58.3 Å². The zero-order valence-electron chi connectivity index (χ0n) is 14.7. The molecule has 0 N–H and O–H groups in total. The van der Waals surface area contributed by atoms with E-state index < -0.39 is 0 Å². The van der Waals surface area contributed by atoms with Crippen LogP contribution in [0.3, 0.4) is 0 Å². The second-order valence-electron chi connectivity index (χ2n) is 6.45. The molecule has 0 bridgehead atoms. The maximum atomic E-state index is 12.9. The zero-order chi connectivity index (χ0) is 18.6. The number of aromatic nitrogens is 3. The number of ether oxygens (including phenoxy) is 1. The van der Waals surface area contributed by atoms with Crippen molar-refractivity contribution in [1.82, 2.24) is 19.4 Å². The van der Waals surface area contributed by atoms with Crippen molar-refractivity contribution in [1.29, 1.82) is 0 Å². The molecule has 7 heteroatoms. The summed E-state index contributed by atoms with van der Waals surface area (Å²) < 4.78 is 8.67. The van der Waals surface area contributed by atoms with Crippen LogP contribution in [0.2, 0.25) is 0 Å². The van der Waals surface area contributed by atoms with Crippen LogP contribution in [0.5, 0.6) is 6.01 Å². The van der Waals surface area contributed by atoms with Crippen molar-refractivity contribution in [3.63, 3.8) is 0 Å². The minimum atomic E-state index is -0.0944. The van der Waals surface area contributed by atoms with Gasteiger partial charge in [0.1, 0.15) is 6.10 Å². The molecule has 27 heavy (non-hydrogen) atoms. The molecular formula is C20H19BrN4O2. The van der Waals surface area contributed by atoms with Gasteiger partial charge < -0.3 is 14.2 Å². The number of carbonyl (C=O) groups is 1. The Balaban J connectivity index is 1.41. The Kier molecular flexibility index (Phi) is 5.20. The topological polar surface area (TPSA) is 60.2 Å². The molecule has 6 nitrogen and oxygen atoms in total. The van der Waals surface area contributed by atoms with Crippen molar-refractivity contribution in [3.05, 3.63) is 71.2 Å². The molecule has 1 aromatic carbocycles. The summed E-state index contributed by atoms with van der Waals surface area (Å²) in [4.78, 5) is 23.0. The molecule has 1 amide bonds. The summed E-state index contributed by atoms with van der Waals surface area (Å²) in [5.41, 5.74) is 1.72. The van der Waals surface area contributed by atoms with E-state index in [1.54, 1.807) is 12.4 Å². The molecule has 1 aliphatic rings. The van der Waals surface area contributed by atoms with Crippen LogP contribution in [0.4, 0.5) is 0 Å². The fourth-order valence-electron chi connectivity index (χ4n) is 3.19. The zero-order valence-corrected chi connectivity index (χ0v) is 16.2. The first kappa shape index (κ1) is 17.7. The first-order valence-corrected chi connectivity index (χ1v) is 9.65. The molecule has 3 aromatic rings. The molecule has 4 rings (SSSR count). The minimum absolute atomic E-state index is 0.0269. The number of hydrogen-bond donors (Lipinski definition) is 0.